The summed E-state index contributed by atoms with van der Waals surface area (Å²) in [6.07, 6.45) is -1.93. The second kappa shape index (κ2) is 14.2. The number of rotatable bonds is 9. The standard InChI is InChI=1S/C29H37F3N4O6S2/c1-28(2,3)42-27(39)35-24-14-5-18(29(30,31)32)15-23(24)26(38)34-16-25(37)36(20-8-6-19(33)7-9-20)17-44(40,41)22-12-10-21(43-4)11-13-22/h5,10-15,19-20H,6-9,16-17,33H2,1-4H3,(H,34,38)(H,35,39). The van der Waals surface area contributed by atoms with E-state index in [0.717, 1.165) is 11.0 Å². The van der Waals surface area contributed by atoms with Crippen LogP contribution >= 0.6 is 11.8 Å². The maximum atomic E-state index is 13.5. The molecule has 1 saturated carbocycles. The van der Waals surface area contributed by atoms with Crippen molar-refractivity contribution in [3.63, 3.8) is 0 Å². The second-order valence-electron chi connectivity index (χ2n) is 11.4. The number of hydrogen-bond acceptors (Lipinski definition) is 8. The lowest BCUT2D eigenvalue weighted by Crippen LogP contribution is -2.49. The van der Waals surface area contributed by atoms with E-state index in [-0.39, 0.29) is 16.6 Å². The van der Waals surface area contributed by atoms with Gasteiger partial charge >= 0.3 is 12.3 Å². The molecular weight excluding hydrogens is 621 g/mol. The molecule has 0 radical (unpaired) electrons. The summed E-state index contributed by atoms with van der Waals surface area (Å²) in [6.45, 7) is 4.06. The molecule has 0 bridgehead atoms. The summed E-state index contributed by atoms with van der Waals surface area (Å²) in [6, 6.07) is 7.81. The highest BCUT2D eigenvalue weighted by atomic mass is 32.2. The van der Waals surface area contributed by atoms with Gasteiger partial charge in [0.15, 0.2) is 9.84 Å². The number of nitrogens with one attached hydrogen (secondary N) is 2. The van der Waals surface area contributed by atoms with Crippen LogP contribution in [0.3, 0.4) is 0 Å². The molecule has 2 aromatic carbocycles. The first kappa shape index (κ1) is 35.2. The van der Waals surface area contributed by atoms with E-state index in [0.29, 0.717) is 37.8 Å². The molecule has 3 amide bonds. The molecule has 1 fully saturated rings. The average molecular weight is 659 g/mol. The van der Waals surface area contributed by atoms with Gasteiger partial charge in [-0.1, -0.05) is 0 Å². The number of alkyl halides is 3. The zero-order valence-electron chi connectivity index (χ0n) is 24.9. The van der Waals surface area contributed by atoms with Crippen LogP contribution in [0, 0.1) is 0 Å². The largest absolute Gasteiger partial charge is 0.444 e. The van der Waals surface area contributed by atoms with Crippen LogP contribution in [0.5, 0.6) is 0 Å². The summed E-state index contributed by atoms with van der Waals surface area (Å²) in [5.74, 6) is -2.48. The minimum absolute atomic E-state index is 0.0199. The van der Waals surface area contributed by atoms with Crippen molar-refractivity contribution < 1.29 is 40.7 Å². The molecular formula is C29H37F3N4O6S2. The van der Waals surface area contributed by atoms with Crippen molar-refractivity contribution in [3.8, 4) is 0 Å². The molecule has 1 aliphatic rings. The number of benzene rings is 2. The Morgan fingerprint density at radius 1 is 1.02 bits per heavy atom. The number of amides is 3. The maximum absolute atomic E-state index is 13.5. The van der Waals surface area contributed by atoms with Gasteiger partial charge in [0.25, 0.3) is 5.91 Å². The highest BCUT2D eigenvalue weighted by Crippen LogP contribution is 2.32. The summed E-state index contributed by atoms with van der Waals surface area (Å²) in [7, 11) is -3.97. The Labute approximate surface area is 259 Å². The second-order valence-corrected chi connectivity index (χ2v) is 14.3. The molecule has 0 unspecified atom stereocenters. The lowest BCUT2D eigenvalue weighted by atomic mass is 9.91. The van der Waals surface area contributed by atoms with E-state index < -0.39 is 69.1 Å². The summed E-state index contributed by atoms with van der Waals surface area (Å²) in [5, 5.41) is 4.57. The van der Waals surface area contributed by atoms with Crippen LogP contribution in [0.1, 0.15) is 62.4 Å². The predicted molar refractivity (Wildman–Crippen MR) is 161 cm³/mol. The lowest BCUT2D eigenvalue weighted by molar-refractivity contribution is -0.137. The van der Waals surface area contributed by atoms with Gasteiger partial charge in [0.2, 0.25) is 5.91 Å². The van der Waals surface area contributed by atoms with Gasteiger partial charge in [-0.05, 0) is 95.2 Å². The number of thioether (sulfide) groups is 1. The molecule has 0 spiro atoms. The third kappa shape index (κ3) is 9.86. The van der Waals surface area contributed by atoms with Crippen LogP contribution in [0.15, 0.2) is 52.3 Å². The van der Waals surface area contributed by atoms with Crippen LogP contribution in [0.25, 0.3) is 0 Å². The molecule has 0 heterocycles. The molecule has 10 nitrogen and oxygen atoms in total. The molecule has 44 heavy (non-hydrogen) atoms. The maximum Gasteiger partial charge on any atom is 0.416 e. The number of carbonyl (C=O) groups excluding carboxylic acids is 3. The number of halogens is 3. The fourth-order valence-corrected chi connectivity index (χ4v) is 6.45. The van der Waals surface area contributed by atoms with E-state index in [4.69, 9.17) is 10.5 Å². The van der Waals surface area contributed by atoms with Crippen LogP contribution in [0.4, 0.5) is 23.7 Å². The van der Waals surface area contributed by atoms with Gasteiger partial charge in [0, 0.05) is 17.0 Å². The first-order valence-electron chi connectivity index (χ1n) is 13.8. The van der Waals surface area contributed by atoms with Gasteiger partial charge in [0.1, 0.15) is 11.5 Å². The van der Waals surface area contributed by atoms with E-state index in [9.17, 15) is 36.0 Å². The van der Waals surface area contributed by atoms with Gasteiger partial charge in [-0.15, -0.1) is 11.8 Å². The van der Waals surface area contributed by atoms with E-state index in [1.807, 2.05) is 6.26 Å². The predicted octanol–water partition coefficient (Wildman–Crippen LogP) is 5.03. The Morgan fingerprint density at radius 3 is 2.18 bits per heavy atom. The molecule has 3 rings (SSSR count). The fourth-order valence-electron chi connectivity index (χ4n) is 4.62. The number of hydrogen-bond donors (Lipinski definition) is 3. The zero-order valence-corrected chi connectivity index (χ0v) is 26.5. The van der Waals surface area contributed by atoms with Gasteiger partial charge < -0.3 is 20.7 Å². The Balaban J connectivity index is 1.84. The minimum atomic E-state index is -4.80. The summed E-state index contributed by atoms with van der Waals surface area (Å²) < 4.78 is 72.2. The summed E-state index contributed by atoms with van der Waals surface area (Å²) in [4.78, 5) is 41.0. The summed E-state index contributed by atoms with van der Waals surface area (Å²) >= 11 is 1.44. The third-order valence-corrected chi connectivity index (χ3v) is 9.21. The minimum Gasteiger partial charge on any atom is -0.444 e. The SMILES string of the molecule is CSc1ccc(S(=O)(=O)CN(C(=O)CNC(=O)c2cc(C(F)(F)F)ccc2NC(=O)OC(C)(C)C)C2CCC(N)CC2)cc1. The number of sulfone groups is 1. The smallest absolute Gasteiger partial charge is 0.416 e. The van der Waals surface area contributed by atoms with E-state index >= 15 is 0 Å². The molecule has 2 aromatic rings. The van der Waals surface area contributed by atoms with Gasteiger partial charge in [-0.25, -0.2) is 13.2 Å². The number of anilines is 1. The van der Waals surface area contributed by atoms with Crippen molar-refractivity contribution in [2.24, 2.45) is 5.73 Å². The van der Waals surface area contributed by atoms with Crippen molar-refractivity contribution in [2.75, 3.05) is 24.0 Å². The van der Waals surface area contributed by atoms with Gasteiger partial charge in [-0.2, -0.15) is 13.2 Å². The molecule has 0 atom stereocenters. The lowest BCUT2D eigenvalue weighted by Gasteiger charge is -2.36. The summed E-state index contributed by atoms with van der Waals surface area (Å²) in [5.41, 5.74) is 3.10. The Hall–Kier alpha value is -3.30. The van der Waals surface area contributed by atoms with Gasteiger partial charge in [0.05, 0.1) is 28.3 Å². The highest BCUT2D eigenvalue weighted by molar-refractivity contribution is 7.98. The Morgan fingerprint density at radius 2 is 1.64 bits per heavy atom. The number of carbonyl (C=O) groups is 3. The number of nitrogens with two attached hydrogens (primary N) is 1. The normalized spacial score (nSPS) is 17.5. The van der Waals surface area contributed by atoms with Crippen molar-refractivity contribution in [1.29, 1.82) is 0 Å². The zero-order chi connectivity index (χ0) is 32.9. The third-order valence-electron chi connectivity index (χ3n) is 6.86. The van der Waals surface area contributed by atoms with Crippen LogP contribution in [0.2, 0.25) is 0 Å². The molecule has 242 valence electrons. The molecule has 4 N–H and O–H groups in total. The van der Waals surface area contributed by atoms with Crippen molar-refractivity contribution >= 4 is 45.2 Å². The van der Waals surface area contributed by atoms with Crippen LogP contribution in [-0.2, 0) is 25.5 Å². The average Bonchev–Trinajstić information content (AvgIpc) is 2.93. The first-order chi connectivity index (χ1) is 20.4. The molecule has 15 heteroatoms. The Bertz CT molecular complexity index is 1450. The van der Waals surface area contributed by atoms with E-state index in [1.54, 1.807) is 32.9 Å². The highest BCUT2D eigenvalue weighted by Gasteiger charge is 2.34. The number of ether oxygens (including phenoxy) is 1. The van der Waals surface area contributed by atoms with Gasteiger partial charge in [-0.3, -0.25) is 14.9 Å². The Kier molecular flexibility index (Phi) is 11.4. The van der Waals surface area contributed by atoms with E-state index in [2.05, 4.69) is 10.6 Å². The van der Waals surface area contributed by atoms with Crippen molar-refractivity contribution in [3.05, 3.63) is 53.6 Å². The van der Waals surface area contributed by atoms with Crippen LogP contribution < -0.4 is 16.4 Å². The molecule has 0 saturated heterocycles. The topological polar surface area (TPSA) is 148 Å². The molecule has 1 aliphatic carbocycles. The molecule has 0 aliphatic heterocycles. The van der Waals surface area contributed by atoms with E-state index in [1.165, 1.54) is 28.8 Å². The monoisotopic (exact) mass is 658 g/mol. The number of nitrogens with zero attached hydrogens (tertiary/aromatic N) is 1. The fraction of sp³-hybridized carbons (Fsp3) is 0.483. The quantitative estimate of drug-likeness (QED) is 0.318. The van der Waals surface area contributed by atoms with Crippen molar-refractivity contribution in [1.82, 2.24) is 10.2 Å². The molecule has 0 aromatic heterocycles. The van der Waals surface area contributed by atoms with Crippen molar-refractivity contribution in [2.45, 2.75) is 80.1 Å². The van der Waals surface area contributed by atoms with Crippen LogP contribution in [-0.4, -0.2) is 67.6 Å². The first-order valence-corrected chi connectivity index (χ1v) is 16.7.